The van der Waals surface area contributed by atoms with Crippen molar-refractivity contribution >= 4 is 23.5 Å². The Labute approximate surface area is 231 Å². The van der Waals surface area contributed by atoms with Crippen LogP contribution in [0.15, 0.2) is 0 Å². The van der Waals surface area contributed by atoms with Crippen molar-refractivity contribution in [2.45, 2.75) is 107 Å². The second kappa shape index (κ2) is 7.34. The lowest BCUT2D eigenvalue weighted by Gasteiger charge is -2.50. The molecule has 2 N–H and O–H groups in total. The van der Waals surface area contributed by atoms with Crippen molar-refractivity contribution < 1.29 is 53.1 Å². The minimum Gasteiger partial charge on any atom is -0.459 e. The maximum atomic E-state index is 14.8. The number of esters is 2. The van der Waals surface area contributed by atoms with Gasteiger partial charge in [-0.3, -0.25) is 19.2 Å². The van der Waals surface area contributed by atoms with Gasteiger partial charge in [-0.25, -0.2) is 0 Å². The standard InChI is InChI=1S/C29H36O11/c1-11-17-19-18(12(2)24(35)36-19)39-29-21(17)25(3,22(11)33)5-6-27(40-29)9-28-15(8-16(32)38-28)37-26(4,10-30)20(28)14(31)7-13(27)23(29)34/h11-15,17-21,30-31H,5-10H2,1-4H3. The first-order chi connectivity index (χ1) is 18.8. The average molecular weight is 561 g/mol. The quantitative estimate of drug-likeness (QED) is 0.430. The largest absolute Gasteiger partial charge is 0.459 e. The summed E-state index contributed by atoms with van der Waals surface area (Å²) in [5.41, 5.74) is -4.67. The summed E-state index contributed by atoms with van der Waals surface area (Å²) in [6, 6.07) is 0. The summed E-state index contributed by atoms with van der Waals surface area (Å²) in [4.78, 5) is 54.2. The Balaban J connectivity index is 1.31. The van der Waals surface area contributed by atoms with Gasteiger partial charge in [0.05, 0.1) is 48.1 Å². The zero-order valence-electron chi connectivity index (χ0n) is 23.1. The molecule has 2 aliphatic carbocycles. The number of carbonyl (C=O) groups excluding carboxylic acids is 4. The van der Waals surface area contributed by atoms with Crippen LogP contribution in [0.5, 0.6) is 0 Å². The molecule has 11 nitrogen and oxygen atoms in total. The molecule has 15 unspecified atom stereocenters. The van der Waals surface area contributed by atoms with E-state index in [1.54, 1.807) is 13.8 Å². The Kier molecular flexibility index (Phi) is 4.73. The molecule has 8 aliphatic rings. The molecule has 6 heterocycles. The number of ketones is 2. The molecule has 6 saturated heterocycles. The zero-order chi connectivity index (χ0) is 28.4. The van der Waals surface area contributed by atoms with Crippen LogP contribution in [0.2, 0.25) is 0 Å². The highest BCUT2D eigenvalue weighted by Crippen LogP contribution is 2.71. The number of Topliss-reactive ketones (excluding diaryl/α,β-unsaturated/α-hetero) is 2. The minimum absolute atomic E-state index is 0.00514. The van der Waals surface area contributed by atoms with Crippen LogP contribution in [-0.4, -0.2) is 87.3 Å². The van der Waals surface area contributed by atoms with E-state index in [2.05, 4.69) is 0 Å². The fourth-order valence-electron chi connectivity index (χ4n) is 10.9. The van der Waals surface area contributed by atoms with E-state index in [-0.39, 0.29) is 30.8 Å². The van der Waals surface area contributed by atoms with Crippen molar-refractivity contribution in [2.24, 2.45) is 40.9 Å². The van der Waals surface area contributed by atoms with E-state index in [4.69, 9.17) is 23.7 Å². The topological polar surface area (TPSA) is 155 Å². The molecule has 218 valence electrons. The number of aliphatic hydroxyl groups excluding tert-OH is 2. The Morgan fingerprint density at radius 1 is 0.950 bits per heavy atom. The van der Waals surface area contributed by atoms with Crippen molar-refractivity contribution in [3.63, 3.8) is 0 Å². The van der Waals surface area contributed by atoms with Gasteiger partial charge in [-0.1, -0.05) is 13.8 Å². The highest BCUT2D eigenvalue weighted by atomic mass is 16.7. The molecule has 0 radical (unpaired) electrons. The third-order valence-electron chi connectivity index (χ3n) is 12.4. The number of hydrogen-bond acceptors (Lipinski definition) is 11. The van der Waals surface area contributed by atoms with Crippen LogP contribution in [0.3, 0.4) is 0 Å². The molecule has 6 aliphatic heterocycles. The molecule has 11 heteroatoms. The van der Waals surface area contributed by atoms with E-state index in [0.717, 1.165) is 0 Å². The molecule has 3 spiro atoms. The molecular weight excluding hydrogens is 524 g/mol. The molecule has 0 aromatic carbocycles. The summed E-state index contributed by atoms with van der Waals surface area (Å²) in [7, 11) is 0. The molecule has 2 bridgehead atoms. The van der Waals surface area contributed by atoms with Crippen LogP contribution in [0, 0.1) is 40.9 Å². The predicted octanol–water partition coefficient (Wildman–Crippen LogP) is 0.455. The van der Waals surface area contributed by atoms with Crippen LogP contribution >= 0.6 is 0 Å². The lowest BCUT2D eigenvalue weighted by atomic mass is 9.61. The van der Waals surface area contributed by atoms with Crippen molar-refractivity contribution in [1.29, 1.82) is 0 Å². The SMILES string of the molecule is CC1C(=O)OC2C1OC13OC4(CCC5(C)C(=O)C(C)C2C51)CC12OC(=O)CC1OC(C)(CO)C2C(O)CC4C3=O. The van der Waals surface area contributed by atoms with E-state index in [1.165, 1.54) is 0 Å². The maximum absolute atomic E-state index is 14.8. The predicted molar refractivity (Wildman–Crippen MR) is 130 cm³/mol. The molecule has 0 aromatic heterocycles. The number of rotatable bonds is 1. The first-order valence-electron chi connectivity index (χ1n) is 14.6. The van der Waals surface area contributed by atoms with Gasteiger partial charge in [0.1, 0.15) is 29.7 Å². The minimum atomic E-state index is -1.80. The lowest BCUT2D eigenvalue weighted by molar-refractivity contribution is -0.331. The summed E-state index contributed by atoms with van der Waals surface area (Å²) in [5, 5.41) is 22.1. The lowest BCUT2D eigenvalue weighted by Crippen LogP contribution is -2.63. The summed E-state index contributed by atoms with van der Waals surface area (Å²) < 4.78 is 31.8. The van der Waals surface area contributed by atoms with Gasteiger partial charge >= 0.3 is 11.9 Å². The second-order valence-corrected chi connectivity index (χ2v) is 14.3. The number of fused-ring (bicyclic) bond motifs is 2. The number of carbonyl (C=O) groups is 4. The van der Waals surface area contributed by atoms with Gasteiger partial charge in [-0.15, -0.1) is 0 Å². The fraction of sp³-hybridized carbons (Fsp3) is 0.862. The summed E-state index contributed by atoms with van der Waals surface area (Å²) >= 11 is 0. The van der Waals surface area contributed by atoms with Crippen molar-refractivity contribution in [2.75, 3.05) is 6.61 Å². The number of hydrogen-bond donors (Lipinski definition) is 2. The first kappa shape index (κ1) is 25.8. The zero-order valence-corrected chi connectivity index (χ0v) is 23.1. The Morgan fingerprint density at radius 2 is 1.70 bits per heavy atom. The average Bonchev–Trinajstić information content (AvgIpc) is 3.50. The molecule has 8 fully saturated rings. The van der Waals surface area contributed by atoms with Crippen molar-refractivity contribution in [3.8, 4) is 0 Å². The van der Waals surface area contributed by atoms with Crippen LogP contribution in [0.4, 0.5) is 0 Å². The third kappa shape index (κ3) is 2.58. The molecule has 0 amide bonds. The van der Waals surface area contributed by atoms with Gasteiger partial charge < -0.3 is 33.9 Å². The fourth-order valence-corrected chi connectivity index (χ4v) is 10.9. The van der Waals surface area contributed by atoms with Crippen molar-refractivity contribution in [3.05, 3.63) is 0 Å². The summed E-state index contributed by atoms with van der Waals surface area (Å²) in [6.07, 6.45) is -2.51. The molecule has 0 aromatic rings. The van der Waals surface area contributed by atoms with Crippen molar-refractivity contribution in [1.82, 2.24) is 0 Å². The monoisotopic (exact) mass is 560 g/mol. The highest BCUT2D eigenvalue weighted by Gasteiger charge is 2.83. The molecule has 2 saturated carbocycles. The first-order valence-corrected chi connectivity index (χ1v) is 14.6. The van der Waals surface area contributed by atoms with Gasteiger partial charge in [0, 0.05) is 29.6 Å². The van der Waals surface area contributed by atoms with Crippen LogP contribution in [0.1, 0.15) is 59.8 Å². The van der Waals surface area contributed by atoms with Crippen LogP contribution in [0.25, 0.3) is 0 Å². The third-order valence-corrected chi connectivity index (χ3v) is 12.4. The Morgan fingerprint density at radius 3 is 2.42 bits per heavy atom. The van der Waals surface area contributed by atoms with Crippen LogP contribution < -0.4 is 0 Å². The smallest absolute Gasteiger partial charge is 0.311 e. The molecule has 40 heavy (non-hydrogen) atoms. The molecule has 8 rings (SSSR count). The summed E-state index contributed by atoms with van der Waals surface area (Å²) in [6.45, 7) is 6.72. The van der Waals surface area contributed by atoms with E-state index >= 15 is 0 Å². The van der Waals surface area contributed by atoms with Gasteiger partial charge in [-0.05, 0) is 33.1 Å². The van der Waals surface area contributed by atoms with Gasteiger partial charge in [0.25, 0.3) is 0 Å². The van der Waals surface area contributed by atoms with E-state index in [1.807, 2.05) is 13.8 Å². The van der Waals surface area contributed by atoms with Gasteiger partial charge in [-0.2, -0.15) is 0 Å². The van der Waals surface area contributed by atoms with E-state index in [9.17, 15) is 29.4 Å². The molecular formula is C29H36O11. The Bertz CT molecular complexity index is 1270. The van der Waals surface area contributed by atoms with Gasteiger partial charge in [0.15, 0.2) is 5.78 Å². The van der Waals surface area contributed by atoms with Gasteiger partial charge in [0.2, 0.25) is 5.79 Å². The molecule has 15 atom stereocenters. The second-order valence-electron chi connectivity index (χ2n) is 14.3. The number of aliphatic hydroxyl groups is 2. The number of ether oxygens (including phenoxy) is 5. The normalized spacial score (nSPS) is 61.1. The maximum Gasteiger partial charge on any atom is 0.311 e. The Hall–Kier alpha value is -1.92. The van der Waals surface area contributed by atoms with E-state index in [0.29, 0.717) is 12.8 Å². The summed E-state index contributed by atoms with van der Waals surface area (Å²) in [5.74, 6) is -6.82. The van der Waals surface area contributed by atoms with E-state index < -0.39 is 106 Å². The highest BCUT2D eigenvalue weighted by molar-refractivity contribution is 5.97. The van der Waals surface area contributed by atoms with Crippen LogP contribution in [-0.2, 0) is 42.9 Å².